The zero-order valence-electron chi connectivity index (χ0n) is 11.0. The second kappa shape index (κ2) is 4.85. The van der Waals surface area contributed by atoms with E-state index in [0.29, 0.717) is 6.42 Å². The minimum atomic E-state index is -0.993. The summed E-state index contributed by atoms with van der Waals surface area (Å²) in [6, 6.07) is -0.856. The van der Waals surface area contributed by atoms with Crippen LogP contribution in [0.25, 0.3) is 0 Å². The molecule has 0 saturated heterocycles. The van der Waals surface area contributed by atoms with Gasteiger partial charge in [-0.2, -0.15) is 0 Å². The van der Waals surface area contributed by atoms with E-state index < -0.39 is 22.8 Å². The minimum Gasteiger partial charge on any atom is -0.480 e. The fraction of sp³-hybridized carbons (Fsp3) is 0.833. The molecule has 1 amide bonds. The molecular formula is C12H23NO3. The monoisotopic (exact) mass is 229 g/mol. The Hall–Kier alpha value is -1.06. The van der Waals surface area contributed by atoms with Crippen LogP contribution < -0.4 is 5.32 Å². The number of carboxylic acid groups (broad SMARTS) is 1. The molecule has 0 radical (unpaired) electrons. The van der Waals surface area contributed by atoms with Crippen LogP contribution in [-0.2, 0) is 9.59 Å². The van der Waals surface area contributed by atoms with Crippen molar-refractivity contribution in [2.24, 2.45) is 10.8 Å². The third kappa shape index (κ3) is 3.83. The molecule has 0 aliphatic heterocycles. The molecule has 0 aliphatic rings. The molecule has 0 aliphatic carbocycles. The number of hydrogen-bond donors (Lipinski definition) is 2. The number of hydrogen-bond acceptors (Lipinski definition) is 2. The van der Waals surface area contributed by atoms with Crippen molar-refractivity contribution in [1.29, 1.82) is 0 Å². The van der Waals surface area contributed by atoms with Gasteiger partial charge in [0.05, 0.1) is 0 Å². The largest absolute Gasteiger partial charge is 0.480 e. The Bertz CT molecular complexity index is 276. The fourth-order valence-electron chi connectivity index (χ4n) is 1.14. The summed E-state index contributed by atoms with van der Waals surface area (Å²) in [5.74, 6) is -1.20. The highest BCUT2D eigenvalue weighted by molar-refractivity contribution is 5.87. The van der Waals surface area contributed by atoms with Gasteiger partial charge in [0.1, 0.15) is 6.04 Å². The van der Waals surface area contributed by atoms with Crippen LogP contribution >= 0.6 is 0 Å². The number of nitrogens with one attached hydrogen (secondary N) is 1. The van der Waals surface area contributed by atoms with Crippen LogP contribution in [0.2, 0.25) is 0 Å². The first-order valence-corrected chi connectivity index (χ1v) is 5.56. The van der Waals surface area contributed by atoms with Crippen LogP contribution in [0.1, 0.15) is 48.0 Å². The summed E-state index contributed by atoms with van der Waals surface area (Å²) in [4.78, 5) is 23.0. The van der Waals surface area contributed by atoms with Crippen molar-refractivity contribution in [2.75, 3.05) is 0 Å². The number of carbonyl (C=O) groups excluding carboxylic acids is 1. The van der Waals surface area contributed by atoms with E-state index >= 15 is 0 Å². The van der Waals surface area contributed by atoms with Gasteiger partial charge in [0.15, 0.2) is 0 Å². The second-order valence-corrected chi connectivity index (χ2v) is 5.85. The topological polar surface area (TPSA) is 66.4 Å². The van der Waals surface area contributed by atoms with Gasteiger partial charge in [-0.3, -0.25) is 4.79 Å². The molecule has 16 heavy (non-hydrogen) atoms. The van der Waals surface area contributed by atoms with Crippen molar-refractivity contribution in [3.05, 3.63) is 0 Å². The average molecular weight is 229 g/mol. The standard InChI is InChI=1S/C12H23NO3/c1-7-12(5,6)10(16)13-8(9(14)15)11(2,3)4/h8H,7H2,1-6H3,(H,13,16)(H,14,15)/t8-/m1/s1. The average Bonchev–Trinajstić information content (AvgIpc) is 2.11. The van der Waals surface area contributed by atoms with Crippen LogP contribution in [0, 0.1) is 10.8 Å². The zero-order chi connectivity index (χ0) is 13.1. The first kappa shape index (κ1) is 14.9. The highest BCUT2D eigenvalue weighted by Crippen LogP contribution is 2.24. The van der Waals surface area contributed by atoms with Crippen LogP contribution in [0.4, 0.5) is 0 Å². The number of carboxylic acids is 1. The van der Waals surface area contributed by atoms with Gasteiger partial charge >= 0.3 is 5.97 Å². The Kier molecular flexibility index (Phi) is 4.53. The van der Waals surface area contributed by atoms with Crippen LogP contribution in [0.3, 0.4) is 0 Å². The van der Waals surface area contributed by atoms with Crippen molar-refractivity contribution >= 4 is 11.9 Å². The lowest BCUT2D eigenvalue weighted by Crippen LogP contribution is -2.52. The number of carbonyl (C=O) groups is 2. The molecular weight excluding hydrogens is 206 g/mol. The van der Waals surface area contributed by atoms with Gasteiger partial charge in [0, 0.05) is 5.41 Å². The first-order chi connectivity index (χ1) is 7.02. The SMILES string of the molecule is CCC(C)(C)C(=O)N[C@H](C(=O)O)C(C)(C)C. The molecule has 0 spiro atoms. The van der Waals surface area contributed by atoms with Crippen molar-refractivity contribution in [1.82, 2.24) is 5.32 Å². The predicted molar refractivity (Wildman–Crippen MR) is 63.1 cm³/mol. The van der Waals surface area contributed by atoms with E-state index in [1.165, 1.54) is 0 Å². The van der Waals surface area contributed by atoms with Crippen LogP contribution in [0.5, 0.6) is 0 Å². The smallest absolute Gasteiger partial charge is 0.326 e. The first-order valence-electron chi connectivity index (χ1n) is 5.56. The van der Waals surface area contributed by atoms with E-state index in [9.17, 15) is 9.59 Å². The lowest BCUT2D eigenvalue weighted by molar-refractivity contribution is -0.146. The molecule has 0 heterocycles. The van der Waals surface area contributed by atoms with Gasteiger partial charge in [-0.15, -0.1) is 0 Å². The van der Waals surface area contributed by atoms with Crippen LogP contribution in [-0.4, -0.2) is 23.0 Å². The normalized spacial score (nSPS) is 14.4. The van der Waals surface area contributed by atoms with Gasteiger partial charge < -0.3 is 10.4 Å². The van der Waals surface area contributed by atoms with Crippen molar-refractivity contribution in [3.8, 4) is 0 Å². The van der Waals surface area contributed by atoms with Gasteiger partial charge in [-0.25, -0.2) is 4.79 Å². The third-order valence-corrected chi connectivity index (χ3v) is 2.89. The number of amides is 1. The molecule has 94 valence electrons. The van der Waals surface area contributed by atoms with Gasteiger partial charge in [-0.05, 0) is 11.8 Å². The molecule has 0 aromatic carbocycles. The van der Waals surface area contributed by atoms with E-state index in [4.69, 9.17) is 5.11 Å². The Morgan fingerprint density at radius 3 is 1.88 bits per heavy atom. The summed E-state index contributed by atoms with van der Waals surface area (Å²) in [7, 11) is 0. The fourth-order valence-corrected chi connectivity index (χ4v) is 1.14. The summed E-state index contributed by atoms with van der Waals surface area (Å²) in [6.07, 6.45) is 0.676. The second-order valence-electron chi connectivity index (χ2n) is 5.85. The van der Waals surface area contributed by atoms with Gasteiger partial charge in [-0.1, -0.05) is 41.5 Å². The van der Waals surface area contributed by atoms with E-state index in [-0.39, 0.29) is 5.91 Å². The summed E-state index contributed by atoms with van der Waals surface area (Å²) in [5, 5.41) is 11.7. The molecule has 2 N–H and O–H groups in total. The highest BCUT2D eigenvalue weighted by atomic mass is 16.4. The summed E-state index contributed by atoms with van der Waals surface area (Å²) >= 11 is 0. The van der Waals surface area contributed by atoms with Gasteiger partial charge in [0.25, 0.3) is 0 Å². The lowest BCUT2D eigenvalue weighted by atomic mass is 9.84. The molecule has 0 saturated carbocycles. The molecule has 0 bridgehead atoms. The maximum atomic E-state index is 11.9. The minimum absolute atomic E-state index is 0.211. The predicted octanol–water partition coefficient (Wildman–Crippen LogP) is 2.04. The van der Waals surface area contributed by atoms with Crippen molar-refractivity contribution in [2.45, 2.75) is 54.0 Å². The maximum absolute atomic E-state index is 11.9. The van der Waals surface area contributed by atoms with Crippen molar-refractivity contribution in [3.63, 3.8) is 0 Å². The Morgan fingerprint density at radius 2 is 1.62 bits per heavy atom. The Labute approximate surface area is 97.4 Å². The third-order valence-electron chi connectivity index (χ3n) is 2.89. The number of rotatable bonds is 4. The Balaban J connectivity index is 4.81. The van der Waals surface area contributed by atoms with E-state index in [1.807, 2.05) is 20.8 Å². The van der Waals surface area contributed by atoms with E-state index in [2.05, 4.69) is 5.32 Å². The molecule has 0 fully saturated rings. The summed E-state index contributed by atoms with van der Waals surface area (Å²) in [6.45, 7) is 10.9. The molecule has 0 unspecified atom stereocenters. The molecule has 0 rings (SSSR count). The quantitative estimate of drug-likeness (QED) is 0.775. The Morgan fingerprint density at radius 1 is 1.19 bits per heavy atom. The molecule has 4 nitrogen and oxygen atoms in total. The number of aliphatic carboxylic acids is 1. The maximum Gasteiger partial charge on any atom is 0.326 e. The van der Waals surface area contributed by atoms with E-state index in [0.717, 1.165) is 0 Å². The zero-order valence-corrected chi connectivity index (χ0v) is 11.0. The summed E-state index contributed by atoms with van der Waals surface area (Å²) in [5.41, 5.74) is -1.02. The molecule has 0 aromatic rings. The van der Waals surface area contributed by atoms with Gasteiger partial charge in [0.2, 0.25) is 5.91 Å². The summed E-state index contributed by atoms with van der Waals surface area (Å²) < 4.78 is 0. The molecule has 1 atom stereocenters. The highest BCUT2D eigenvalue weighted by Gasteiger charge is 2.36. The van der Waals surface area contributed by atoms with E-state index in [1.54, 1.807) is 20.8 Å². The van der Waals surface area contributed by atoms with Crippen molar-refractivity contribution < 1.29 is 14.7 Å². The molecule has 4 heteroatoms. The lowest BCUT2D eigenvalue weighted by Gasteiger charge is -2.31. The van der Waals surface area contributed by atoms with Crippen LogP contribution in [0.15, 0.2) is 0 Å². The molecule has 0 aromatic heterocycles.